The van der Waals surface area contributed by atoms with Crippen molar-refractivity contribution < 1.29 is 39.3 Å². The molecule has 0 aromatic heterocycles. The van der Waals surface area contributed by atoms with Gasteiger partial charge in [-0.05, 0) is 55.4 Å². The summed E-state index contributed by atoms with van der Waals surface area (Å²) in [5, 5.41) is 33.0. The molecule has 4 atom stereocenters. The maximum Gasteiger partial charge on any atom is 0.326 e. The van der Waals surface area contributed by atoms with E-state index in [9.17, 15) is 34.2 Å². The van der Waals surface area contributed by atoms with E-state index in [2.05, 4.69) is 10.6 Å². The third-order valence-corrected chi connectivity index (χ3v) is 6.70. The molecule has 0 spiro atoms. The van der Waals surface area contributed by atoms with E-state index in [1.807, 2.05) is 6.26 Å². The molecule has 1 heterocycles. The number of aromatic hydroxyl groups is 1. The van der Waals surface area contributed by atoms with Crippen LogP contribution in [0.4, 0.5) is 0 Å². The average molecular weight is 539 g/mol. The number of hydrogen-bond donors (Lipinski definition) is 6. The molecular weight excluding hydrogens is 504 g/mol. The first-order valence-corrected chi connectivity index (χ1v) is 13.3. The topological polar surface area (TPSA) is 199 Å². The van der Waals surface area contributed by atoms with Crippen LogP contribution in [-0.2, 0) is 30.4 Å². The quantitative estimate of drug-likeness (QED) is 0.186. The summed E-state index contributed by atoms with van der Waals surface area (Å²) in [5.74, 6) is -3.57. The Labute approximate surface area is 219 Å². The van der Waals surface area contributed by atoms with Crippen LogP contribution in [0.2, 0.25) is 0 Å². The minimum absolute atomic E-state index is 0.0194. The number of carbonyl (C=O) groups excluding carboxylic acids is 3. The number of hydrogen-bond acceptors (Lipinski definition) is 8. The highest BCUT2D eigenvalue weighted by molar-refractivity contribution is 7.98. The molecule has 2 rings (SSSR count). The number of nitrogens with zero attached hydrogens (tertiary/aromatic N) is 1. The van der Waals surface area contributed by atoms with E-state index in [1.165, 1.54) is 28.8 Å². The third kappa shape index (κ3) is 9.25. The molecule has 12 nitrogen and oxygen atoms in total. The van der Waals surface area contributed by atoms with Crippen molar-refractivity contribution in [2.45, 2.75) is 62.7 Å². The third-order valence-electron chi connectivity index (χ3n) is 6.06. The maximum atomic E-state index is 13.2. The van der Waals surface area contributed by atoms with Crippen molar-refractivity contribution in [3.63, 3.8) is 0 Å². The number of amides is 3. The second kappa shape index (κ2) is 14.4. The van der Waals surface area contributed by atoms with Crippen molar-refractivity contribution in [2.75, 3.05) is 18.6 Å². The lowest BCUT2D eigenvalue weighted by Gasteiger charge is -2.28. The number of aliphatic carboxylic acids is 2. The number of phenols is 1. The fourth-order valence-electron chi connectivity index (χ4n) is 4.03. The Morgan fingerprint density at radius 1 is 1.08 bits per heavy atom. The summed E-state index contributed by atoms with van der Waals surface area (Å²) in [6, 6.07) is 1.76. The summed E-state index contributed by atoms with van der Waals surface area (Å²) in [6.45, 7) is 0.266. The van der Waals surface area contributed by atoms with E-state index >= 15 is 0 Å². The molecule has 0 aliphatic carbocycles. The Morgan fingerprint density at radius 3 is 2.35 bits per heavy atom. The van der Waals surface area contributed by atoms with E-state index in [1.54, 1.807) is 12.1 Å². The van der Waals surface area contributed by atoms with Crippen molar-refractivity contribution in [1.82, 2.24) is 15.5 Å². The molecule has 4 unspecified atom stereocenters. The van der Waals surface area contributed by atoms with Gasteiger partial charge in [-0.2, -0.15) is 11.8 Å². The molecule has 1 fully saturated rings. The molecule has 3 amide bonds. The van der Waals surface area contributed by atoms with Crippen LogP contribution in [0.5, 0.6) is 5.75 Å². The van der Waals surface area contributed by atoms with Gasteiger partial charge in [0.05, 0.1) is 6.04 Å². The molecule has 0 saturated carbocycles. The number of carbonyl (C=O) groups is 5. The molecule has 1 aromatic rings. The van der Waals surface area contributed by atoms with Crippen LogP contribution >= 0.6 is 11.8 Å². The van der Waals surface area contributed by atoms with Gasteiger partial charge in [-0.1, -0.05) is 12.1 Å². The molecule has 0 bridgehead atoms. The summed E-state index contributed by atoms with van der Waals surface area (Å²) in [7, 11) is 0. The molecule has 37 heavy (non-hydrogen) atoms. The van der Waals surface area contributed by atoms with Crippen molar-refractivity contribution >= 4 is 41.4 Å². The molecule has 1 saturated heterocycles. The van der Waals surface area contributed by atoms with Gasteiger partial charge in [-0.15, -0.1) is 0 Å². The zero-order valence-electron chi connectivity index (χ0n) is 20.6. The van der Waals surface area contributed by atoms with Crippen LogP contribution in [0.1, 0.15) is 37.7 Å². The SMILES string of the molecule is CSCCC(NC(=O)C(Cc1ccc(O)cc1)NC(=O)C1CCCN1C(=O)C(N)CCC(=O)O)C(=O)O. The zero-order chi connectivity index (χ0) is 27.5. The molecule has 0 radical (unpaired) electrons. The number of nitrogens with one attached hydrogen (secondary N) is 2. The van der Waals surface area contributed by atoms with Crippen molar-refractivity contribution in [1.29, 1.82) is 0 Å². The summed E-state index contributed by atoms with van der Waals surface area (Å²) < 4.78 is 0. The fraction of sp³-hybridized carbons (Fsp3) is 0.542. The standard InChI is InChI=1S/C24H34N4O8S/c1-37-12-10-17(24(35)36)26-21(32)18(13-14-4-6-15(29)7-5-14)27-22(33)19-3-2-11-28(19)23(34)16(25)8-9-20(30)31/h4-7,16-19,29H,2-3,8-13,25H2,1H3,(H,26,32)(H,27,33)(H,30,31)(H,35,36). The Kier molecular flexibility index (Phi) is 11.7. The highest BCUT2D eigenvalue weighted by Crippen LogP contribution is 2.20. The van der Waals surface area contributed by atoms with Crippen LogP contribution in [0.3, 0.4) is 0 Å². The van der Waals surface area contributed by atoms with Gasteiger partial charge in [0.2, 0.25) is 17.7 Å². The van der Waals surface area contributed by atoms with Crippen LogP contribution in [0.25, 0.3) is 0 Å². The van der Waals surface area contributed by atoms with Gasteiger partial charge < -0.3 is 36.6 Å². The zero-order valence-corrected chi connectivity index (χ0v) is 21.4. The van der Waals surface area contributed by atoms with E-state index in [0.717, 1.165) is 0 Å². The monoisotopic (exact) mass is 538 g/mol. The van der Waals surface area contributed by atoms with Crippen LogP contribution < -0.4 is 16.4 Å². The van der Waals surface area contributed by atoms with Crippen molar-refractivity contribution in [3.8, 4) is 5.75 Å². The van der Waals surface area contributed by atoms with E-state index < -0.39 is 53.8 Å². The van der Waals surface area contributed by atoms with Gasteiger partial charge in [-0.25, -0.2) is 4.79 Å². The lowest BCUT2D eigenvalue weighted by molar-refractivity contribution is -0.143. The van der Waals surface area contributed by atoms with Gasteiger partial charge in [0.25, 0.3) is 0 Å². The van der Waals surface area contributed by atoms with Gasteiger partial charge in [0.1, 0.15) is 23.9 Å². The smallest absolute Gasteiger partial charge is 0.326 e. The Balaban J connectivity index is 2.18. The highest BCUT2D eigenvalue weighted by Gasteiger charge is 2.38. The minimum Gasteiger partial charge on any atom is -0.508 e. The molecule has 1 aliphatic rings. The molecule has 1 aliphatic heterocycles. The Bertz CT molecular complexity index is 974. The molecule has 204 valence electrons. The minimum atomic E-state index is -1.19. The molecular formula is C24H34N4O8S. The van der Waals surface area contributed by atoms with Gasteiger partial charge in [0, 0.05) is 19.4 Å². The number of rotatable bonds is 14. The van der Waals surface area contributed by atoms with Crippen molar-refractivity contribution in [2.24, 2.45) is 5.73 Å². The fourth-order valence-corrected chi connectivity index (χ4v) is 4.50. The normalized spacial score (nSPS) is 17.5. The van der Waals surface area contributed by atoms with Gasteiger partial charge in [0.15, 0.2) is 0 Å². The number of carboxylic acids is 2. The lowest BCUT2D eigenvalue weighted by atomic mass is 10.0. The average Bonchev–Trinajstić information content (AvgIpc) is 3.35. The Hall–Kier alpha value is -3.32. The highest BCUT2D eigenvalue weighted by atomic mass is 32.2. The lowest BCUT2D eigenvalue weighted by Crippen LogP contribution is -2.57. The predicted octanol–water partition coefficient (Wildman–Crippen LogP) is -0.0749. The molecule has 13 heteroatoms. The van der Waals surface area contributed by atoms with Crippen molar-refractivity contribution in [3.05, 3.63) is 29.8 Å². The summed E-state index contributed by atoms with van der Waals surface area (Å²) >= 11 is 1.44. The van der Waals surface area contributed by atoms with E-state index in [4.69, 9.17) is 10.8 Å². The summed E-state index contributed by atoms with van der Waals surface area (Å²) in [6.07, 6.45) is 2.54. The largest absolute Gasteiger partial charge is 0.508 e. The number of likely N-dealkylation sites (tertiary alicyclic amines) is 1. The first kappa shape index (κ1) is 29.9. The first-order chi connectivity index (χ1) is 17.5. The van der Waals surface area contributed by atoms with Crippen LogP contribution in [-0.4, -0.2) is 92.6 Å². The molecule has 1 aromatic carbocycles. The second-order valence-corrected chi connectivity index (χ2v) is 9.83. The number of phenolic OH excluding ortho intramolecular Hbond substituents is 1. The van der Waals surface area contributed by atoms with E-state index in [-0.39, 0.29) is 38.0 Å². The number of thioether (sulfide) groups is 1. The van der Waals surface area contributed by atoms with Crippen LogP contribution in [0, 0.1) is 0 Å². The van der Waals surface area contributed by atoms with E-state index in [0.29, 0.717) is 24.2 Å². The first-order valence-electron chi connectivity index (χ1n) is 11.9. The number of nitrogens with two attached hydrogens (primary N) is 1. The summed E-state index contributed by atoms with van der Waals surface area (Å²) in [4.78, 5) is 62.9. The summed E-state index contributed by atoms with van der Waals surface area (Å²) in [5.41, 5.74) is 6.48. The van der Waals surface area contributed by atoms with Crippen LogP contribution in [0.15, 0.2) is 24.3 Å². The Morgan fingerprint density at radius 2 is 1.76 bits per heavy atom. The van der Waals surface area contributed by atoms with Gasteiger partial charge in [-0.3, -0.25) is 19.2 Å². The number of benzene rings is 1. The predicted molar refractivity (Wildman–Crippen MR) is 136 cm³/mol. The van der Waals surface area contributed by atoms with Gasteiger partial charge >= 0.3 is 11.9 Å². The maximum absolute atomic E-state index is 13.2. The number of carboxylic acid groups (broad SMARTS) is 2. The second-order valence-electron chi connectivity index (χ2n) is 8.84. The molecule has 7 N–H and O–H groups in total.